The summed E-state index contributed by atoms with van der Waals surface area (Å²) in [6.07, 6.45) is 4.06. The van der Waals surface area contributed by atoms with E-state index in [2.05, 4.69) is 16.8 Å². The van der Waals surface area contributed by atoms with Crippen LogP contribution in [0, 0.1) is 11.9 Å². The summed E-state index contributed by atoms with van der Waals surface area (Å²) >= 11 is 0. The van der Waals surface area contributed by atoms with Gasteiger partial charge in [0.25, 0.3) is 0 Å². The summed E-state index contributed by atoms with van der Waals surface area (Å²) in [5.74, 6) is 0.416. The second-order valence-electron chi connectivity index (χ2n) is 4.01. The molecular formula is C11H15FN2. The Morgan fingerprint density at radius 3 is 2.64 bits per heavy atom. The van der Waals surface area contributed by atoms with Crippen molar-refractivity contribution >= 4 is 5.69 Å². The van der Waals surface area contributed by atoms with Crippen LogP contribution in [0.15, 0.2) is 18.3 Å². The molecule has 0 radical (unpaired) electrons. The summed E-state index contributed by atoms with van der Waals surface area (Å²) in [6, 6.07) is 3.23. The number of aromatic nitrogens is 1. The van der Waals surface area contributed by atoms with Crippen molar-refractivity contribution in [1.82, 2.24) is 4.98 Å². The quantitative estimate of drug-likeness (QED) is 0.638. The van der Waals surface area contributed by atoms with Crippen LogP contribution in [0.2, 0.25) is 0 Å². The van der Waals surface area contributed by atoms with E-state index in [9.17, 15) is 4.39 Å². The maximum Gasteiger partial charge on any atom is 0.212 e. The van der Waals surface area contributed by atoms with Crippen LogP contribution in [0.5, 0.6) is 0 Å². The van der Waals surface area contributed by atoms with Crippen LogP contribution in [-0.2, 0) is 0 Å². The van der Waals surface area contributed by atoms with Crippen molar-refractivity contribution in [2.75, 3.05) is 18.0 Å². The molecule has 1 saturated heterocycles. The third-order valence-electron chi connectivity index (χ3n) is 2.86. The molecule has 0 spiro atoms. The summed E-state index contributed by atoms with van der Waals surface area (Å²) < 4.78 is 12.6. The highest BCUT2D eigenvalue weighted by Crippen LogP contribution is 2.21. The molecule has 0 bridgehead atoms. The molecule has 1 fully saturated rings. The number of pyridine rings is 1. The minimum absolute atomic E-state index is 0.404. The maximum atomic E-state index is 12.6. The third-order valence-corrected chi connectivity index (χ3v) is 2.86. The standard InChI is InChI=1S/C11H15FN2/c1-9-4-6-14(7-5-9)10-2-3-11(12)13-8-10/h2-3,8-9H,4-7H2,1H3. The monoisotopic (exact) mass is 194 g/mol. The average molecular weight is 194 g/mol. The lowest BCUT2D eigenvalue weighted by Gasteiger charge is -2.31. The lowest BCUT2D eigenvalue weighted by atomic mass is 9.99. The highest BCUT2D eigenvalue weighted by atomic mass is 19.1. The Bertz CT molecular complexity index is 289. The molecule has 0 aliphatic carbocycles. The van der Waals surface area contributed by atoms with E-state index >= 15 is 0 Å². The zero-order valence-electron chi connectivity index (χ0n) is 8.41. The Morgan fingerprint density at radius 1 is 1.36 bits per heavy atom. The van der Waals surface area contributed by atoms with Crippen molar-refractivity contribution in [3.63, 3.8) is 0 Å². The largest absolute Gasteiger partial charge is 0.370 e. The van der Waals surface area contributed by atoms with E-state index < -0.39 is 5.95 Å². The lowest BCUT2D eigenvalue weighted by molar-refractivity contribution is 0.438. The highest BCUT2D eigenvalue weighted by Gasteiger charge is 2.15. The molecule has 2 rings (SSSR count). The van der Waals surface area contributed by atoms with Crippen LogP contribution in [0.1, 0.15) is 19.8 Å². The van der Waals surface area contributed by atoms with Crippen molar-refractivity contribution in [2.45, 2.75) is 19.8 Å². The number of rotatable bonds is 1. The number of anilines is 1. The SMILES string of the molecule is CC1CCN(c2ccc(F)nc2)CC1. The van der Waals surface area contributed by atoms with Crippen molar-refractivity contribution < 1.29 is 4.39 Å². The number of hydrogen-bond acceptors (Lipinski definition) is 2. The van der Waals surface area contributed by atoms with Gasteiger partial charge >= 0.3 is 0 Å². The molecule has 1 aliphatic rings. The zero-order valence-corrected chi connectivity index (χ0v) is 8.41. The predicted octanol–water partition coefficient (Wildman–Crippen LogP) is 2.46. The van der Waals surface area contributed by atoms with Gasteiger partial charge in [0.15, 0.2) is 0 Å². The first-order chi connectivity index (χ1) is 6.75. The van der Waals surface area contributed by atoms with Gasteiger partial charge in [-0.15, -0.1) is 0 Å². The van der Waals surface area contributed by atoms with E-state index in [-0.39, 0.29) is 0 Å². The normalized spacial score (nSPS) is 18.6. The second kappa shape index (κ2) is 3.95. The molecular weight excluding hydrogens is 179 g/mol. The molecule has 2 nitrogen and oxygen atoms in total. The Hall–Kier alpha value is -1.12. The number of halogens is 1. The van der Waals surface area contributed by atoms with Gasteiger partial charge in [0.05, 0.1) is 11.9 Å². The van der Waals surface area contributed by atoms with Gasteiger partial charge in [0, 0.05) is 13.1 Å². The van der Waals surface area contributed by atoms with Crippen LogP contribution in [0.4, 0.5) is 10.1 Å². The van der Waals surface area contributed by atoms with E-state index in [0.717, 1.165) is 24.7 Å². The van der Waals surface area contributed by atoms with Crippen molar-refractivity contribution in [3.8, 4) is 0 Å². The number of nitrogens with zero attached hydrogens (tertiary/aromatic N) is 2. The highest BCUT2D eigenvalue weighted by molar-refractivity contribution is 5.43. The predicted molar refractivity (Wildman–Crippen MR) is 54.8 cm³/mol. The fourth-order valence-electron chi connectivity index (χ4n) is 1.82. The van der Waals surface area contributed by atoms with E-state index in [4.69, 9.17) is 0 Å². The van der Waals surface area contributed by atoms with E-state index in [1.807, 2.05) is 0 Å². The summed E-state index contributed by atoms with van der Waals surface area (Å²) in [5, 5.41) is 0. The minimum atomic E-state index is -0.404. The Morgan fingerprint density at radius 2 is 2.07 bits per heavy atom. The topological polar surface area (TPSA) is 16.1 Å². The van der Waals surface area contributed by atoms with Gasteiger partial charge in [-0.25, -0.2) is 4.98 Å². The molecule has 0 atom stereocenters. The second-order valence-corrected chi connectivity index (χ2v) is 4.01. The molecule has 1 aliphatic heterocycles. The molecule has 0 aromatic carbocycles. The van der Waals surface area contributed by atoms with Gasteiger partial charge in [-0.3, -0.25) is 0 Å². The molecule has 0 unspecified atom stereocenters. The number of piperidine rings is 1. The number of hydrogen-bond donors (Lipinski definition) is 0. The molecule has 1 aromatic rings. The summed E-state index contributed by atoms with van der Waals surface area (Å²) in [6.45, 7) is 4.41. The first kappa shape index (κ1) is 9.44. The fraction of sp³-hybridized carbons (Fsp3) is 0.545. The van der Waals surface area contributed by atoms with Crippen LogP contribution in [0.25, 0.3) is 0 Å². The van der Waals surface area contributed by atoms with Crippen LogP contribution in [0.3, 0.4) is 0 Å². The van der Waals surface area contributed by atoms with E-state index in [0.29, 0.717) is 0 Å². The molecule has 76 valence electrons. The molecule has 1 aromatic heterocycles. The summed E-state index contributed by atoms with van der Waals surface area (Å²) in [4.78, 5) is 5.94. The van der Waals surface area contributed by atoms with E-state index in [1.165, 1.54) is 18.9 Å². The minimum Gasteiger partial charge on any atom is -0.370 e. The van der Waals surface area contributed by atoms with Crippen LogP contribution >= 0.6 is 0 Å². The summed E-state index contributed by atoms with van der Waals surface area (Å²) in [7, 11) is 0. The third kappa shape index (κ3) is 2.03. The summed E-state index contributed by atoms with van der Waals surface area (Å²) in [5.41, 5.74) is 1.04. The van der Waals surface area contributed by atoms with Gasteiger partial charge in [-0.2, -0.15) is 4.39 Å². The lowest BCUT2D eigenvalue weighted by Crippen LogP contribution is -2.32. The smallest absolute Gasteiger partial charge is 0.212 e. The van der Waals surface area contributed by atoms with E-state index in [1.54, 1.807) is 12.3 Å². The van der Waals surface area contributed by atoms with Crippen molar-refractivity contribution in [2.24, 2.45) is 5.92 Å². The van der Waals surface area contributed by atoms with Gasteiger partial charge in [0.2, 0.25) is 5.95 Å². The first-order valence-electron chi connectivity index (χ1n) is 5.12. The first-order valence-corrected chi connectivity index (χ1v) is 5.12. The van der Waals surface area contributed by atoms with Gasteiger partial charge < -0.3 is 4.90 Å². The zero-order chi connectivity index (χ0) is 9.97. The Kier molecular flexibility index (Phi) is 2.66. The van der Waals surface area contributed by atoms with Crippen molar-refractivity contribution in [3.05, 3.63) is 24.3 Å². The van der Waals surface area contributed by atoms with Gasteiger partial charge in [-0.05, 0) is 30.9 Å². The van der Waals surface area contributed by atoms with Gasteiger partial charge in [-0.1, -0.05) is 6.92 Å². The molecule has 0 saturated carbocycles. The van der Waals surface area contributed by atoms with Crippen LogP contribution < -0.4 is 4.90 Å². The van der Waals surface area contributed by atoms with Crippen LogP contribution in [-0.4, -0.2) is 18.1 Å². The molecule has 14 heavy (non-hydrogen) atoms. The molecule has 0 amide bonds. The Balaban J connectivity index is 2.05. The molecule has 2 heterocycles. The fourth-order valence-corrected chi connectivity index (χ4v) is 1.82. The maximum absolute atomic E-state index is 12.6. The Labute approximate surface area is 83.8 Å². The molecule has 3 heteroatoms. The van der Waals surface area contributed by atoms with Gasteiger partial charge in [0.1, 0.15) is 0 Å². The molecule has 0 N–H and O–H groups in total. The van der Waals surface area contributed by atoms with Crippen molar-refractivity contribution in [1.29, 1.82) is 0 Å². The average Bonchev–Trinajstić information content (AvgIpc) is 2.21.